The number of nitrogens with zero attached hydrogens (tertiary/aromatic N) is 1. The molecule has 1 fully saturated rings. The lowest BCUT2D eigenvalue weighted by Gasteiger charge is -2.12. The van der Waals surface area contributed by atoms with Crippen LogP contribution in [0, 0.1) is 0 Å². The van der Waals surface area contributed by atoms with Gasteiger partial charge in [-0.25, -0.2) is 0 Å². The first-order valence-electron chi connectivity index (χ1n) is 4.25. The van der Waals surface area contributed by atoms with Crippen LogP contribution < -0.4 is 5.32 Å². The van der Waals surface area contributed by atoms with Gasteiger partial charge in [-0.1, -0.05) is 0 Å². The zero-order valence-corrected chi connectivity index (χ0v) is 7.67. The lowest BCUT2D eigenvalue weighted by atomic mass is 10.2. The molecule has 0 radical (unpaired) electrons. The quantitative estimate of drug-likeness (QED) is 0.578. The molecule has 1 N–H and O–H groups in total. The topological polar surface area (TPSA) is 41.6 Å². The Labute approximate surface area is 72.9 Å². The van der Waals surface area contributed by atoms with Crippen molar-refractivity contribution in [1.82, 2.24) is 10.2 Å². The predicted molar refractivity (Wildman–Crippen MR) is 45.9 cm³/mol. The van der Waals surface area contributed by atoms with Gasteiger partial charge in [0.05, 0.1) is 6.61 Å². The first kappa shape index (κ1) is 9.48. The van der Waals surface area contributed by atoms with E-state index in [2.05, 4.69) is 10.2 Å². The van der Waals surface area contributed by atoms with E-state index in [4.69, 9.17) is 4.74 Å². The molecule has 0 saturated carbocycles. The maximum absolute atomic E-state index is 11.0. The molecule has 1 aliphatic heterocycles. The van der Waals surface area contributed by atoms with Crippen LogP contribution in [0.2, 0.25) is 0 Å². The molecule has 1 saturated heterocycles. The summed E-state index contributed by atoms with van der Waals surface area (Å²) in [4.78, 5) is 13.0. The minimum Gasteiger partial charge on any atom is -0.464 e. The van der Waals surface area contributed by atoms with Gasteiger partial charge in [0.2, 0.25) is 0 Å². The number of likely N-dealkylation sites (N-methyl/N-ethyl adjacent to an activating group) is 1. The van der Waals surface area contributed by atoms with E-state index in [0.29, 0.717) is 6.61 Å². The fourth-order valence-electron chi connectivity index (χ4n) is 1.14. The van der Waals surface area contributed by atoms with E-state index >= 15 is 0 Å². The van der Waals surface area contributed by atoms with Crippen LogP contribution in [-0.2, 0) is 9.53 Å². The molecular formula is C8H16N2O2. The van der Waals surface area contributed by atoms with Crippen LogP contribution in [0.1, 0.15) is 6.42 Å². The Morgan fingerprint density at radius 3 is 2.92 bits per heavy atom. The number of nitrogens with one attached hydrogen (secondary N) is 1. The number of cyclic esters (lactones) is 1. The van der Waals surface area contributed by atoms with Crippen molar-refractivity contribution in [3.05, 3.63) is 0 Å². The summed E-state index contributed by atoms with van der Waals surface area (Å²) in [5.41, 5.74) is 0. The molecule has 1 atom stereocenters. The SMILES string of the molecule is CN(C)CCNC1CCOC1=O. The number of ether oxygens (including phenoxy) is 1. The summed E-state index contributed by atoms with van der Waals surface area (Å²) in [7, 11) is 4.02. The van der Waals surface area contributed by atoms with E-state index in [0.717, 1.165) is 19.5 Å². The van der Waals surface area contributed by atoms with E-state index in [1.165, 1.54) is 0 Å². The summed E-state index contributed by atoms with van der Waals surface area (Å²) in [6.45, 7) is 2.36. The van der Waals surface area contributed by atoms with Crippen molar-refractivity contribution in [1.29, 1.82) is 0 Å². The van der Waals surface area contributed by atoms with E-state index in [9.17, 15) is 4.79 Å². The smallest absolute Gasteiger partial charge is 0.323 e. The number of esters is 1. The molecule has 1 aliphatic rings. The van der Waals surface area contributed by atoms with Gasteiger partial charge in [0.15, 0.2) is 0 Å². The lowest BCUT2D eigenvalue weighted by Crippen LogP contribution is -2.37. The van der Waals surface area contributed by atoms with Crippen LogP contribution in [0.3, 0.4) is 0 Å². The Morgan fingerprint density at radius 1 is 1.67 bits per heavy atom. The standard InChI is InChI=1S/C8H16N2O2/c1-10(2)5-4-9-7-3-6-12-8(7)11/h7,9H,3-6H2,1-2H3. The average molecular weight is 172 g/mol. The van der Waals surface area contributed by atoms with Crippen LogP contribution in [0.15, 0.2) is 0 Å². The number of carbonyl (C=O) groups excluding carboxylic acids is 1. The molecule has 12 heavy (non-hydrogen) atoms. The lowest BCUT2D eigenvalue weighted by molar-refractivity contribution is -0.139. The van der Waals surface area contributed by atoms with Crippen molar-refractivity contribution >= 4 is 5.97 Å². The number of rotatable bonds is 4. The minimum atomic E-state index is -0.103. The van der Waals surface area contributed by atoms with E-state index in [-0.39, 0.29) is 12.0 Å². The third-order valence-electron chi connectivity index (χ3n) is 1.89. The second-order valence-electron chi connectivity index (χ2n) is 3.27. The van der Waals surface area contributed by atoms with E-state index in [1.54, 1.807) is 0 Å². The Balaban J connectivity index is 2.10. The monoisotopic (exact) mass is 172 g/mol. The summed E-state index contributed by atoms with van der Waals surface area (Å²) in [6, 6.07) is -0.0649. The van der Waals surface area contributed by atoms with Crippen molar-refractivity contribution in [2.75, 3.05) is 33.8 Å². The molecule has 1 heterocycles. The molecule has 0 spiro atoms. The summed E-state index contributed by atoms with van der Waals surface area (Å²) in [6.07, 6.45) is 0.812. The summed E-state index contributed by atoms with van der Waals surface area (Å²) < 4.78 is 4.81. The van der Waals surface area contributed by atoms with Crippen molar-refractivity contribution in [3.8, 4) is 0 Å². The highest BCUT2D eigenvalue weighted by molar-refractivity contribution is 5.77. The third kappa shape index (κ3) is 2.79. The fraction of sp³-hybridized carbons (Fsp3) is 0.875. The van der Waals surface area contributed by atoms with Gasteiger partial charge in [-0.3, -0.25) is 4.79 Å². The molecule has 4 heteroatoms. The fourth-order valence-corrected chi connectivity index (χ4v) is 1.14. The van der Waals surface area contributed by atoms with Gasteiger partial charge in [0.25, 0.3) is 0 Å². The van der Waals surface area contributed by atoms with Gasteiger partial charge in [0.1, 0.15) is 6.04 Å². The van der Waals surface area contributed by atoms with Gasteiger partial charge in [-0.05, 0) is 14.1 Å². The molecule has 0 bridgehead atoms. The van der Waals surface area contributed by atoms with Crippen LogP contribution in [0.5, 0.6) is 0 Å². The van der Waals surface area contributed by atoms with Gasteiger partial charge >= 0.3 is 5.97 Å². The van der Waals surface area contributed by atoms with E-state index < -0.39 is 0 Å². The Bertz CT molecular complexity index is 159. The highest BCUT2D eigenvalue weighted by Crippen LogP contribution is 2.04. The minimum absolute atomic E-state index is 0.0649. The summed E-state index contributed by atoms with van der Waals surface area (Å²) >= 11 is 0. The molecule has 70 valence electrons. The maximum Gasteiger partial charge on any atom is 0.323 e. The average Bonchev–Trinajstić information content (AvgIpc) is 2.36. The molecule has 0 amide bonds. The highest BCUT2D eigenvalue weighted by Gasteiger charge is 2.25. The Kier molecular flexibility index (Phi) is 3.49. The number of carbonyl (C=O) groups is 1. The second-order valence-corrected chi connectivity index (χ2v) is 3.27. The molecule has 0 aromatic rings. The largest absolute Gasteiger partial charge is 0.464 e. The van der Waals surface area contributed by atoms with Gasteiger partial charge in [-0.2, -0.15) is 0 Å². The van der Waals surface area contributed by atoms with Crippen LogP contribution in [0.25, 0.3) is 0 Å². The molecule has 4 nitrogen and oxygen atoms in total. The first-order chi connectivity index (χ1) is 5.70. The predicted octanol–water partition coefficient (Wildman–Crippen LogP) is -0.547. The Morgan fingerprint density at radius 2 is 2.42 bits per heavy atom. The van der Waals surface area contributed by atoms with Gasteiger partial charge in [-0.15, -0.1) is 0 Å². The zero-order chi connectivity index (χ0) is 8.97. The van der Waals surface area contributed by atoms with Crippen molar-refractivity contribution in [3.63, 3.8) is 0 Å². The molecule has 0 aromatic carbocycles. The first-order valence-corrected chi connectivity index (χ1v) is 4.25. The van der Waals surface area contributed by atoms with Crippen molar-refractivity contribution < 1.29 is 9.53 Å². The molecule has 0 aliphatic carbocycles. The highest BCUT2D eigenvalue weighted by atomic mass is 16.5. The van der Waals surface area contributed by atoms with Crippen LogP contribution in [0.4, 0.5) is 0 Å². The van der Waals surface area contributed by atoms with Gasteiger partial charge < -0.3 is 15.0 Å². The zero-order valence-electron chi connectivity index (χ0n) is 7.67. The Hall–Kier alpha value is -0.610. The van der Waals surface area contributed by atoms with Crippen LogP contribution in [-0.4, -0.2) is 50.7 Å². The molecule has 1 rings (SSSR count). The third-order valence-corrected chi connectivity index (χ3v) is 1.89. The van der Waals surface area contributed by atoms with Gasteiger partial charge in [0, 0.05) is 19.5 Å². The summed E-state index contributed by atoms with van der Waals surface area (Å²) in [5, 5.41) is 3.15. The molecular weight excluding hydrogens is 156 g/mol. The summed E-state index contributed by atoms with van der Waals surface area (Å²) in [5.74, 6) is -0.103. The molecule has 1 unspecified atom stereocenters. The second kappa shape index (κ2) is 4.42. The maximum atomic E-state index is 11.0. The number of hydrogen-bond acceptors (Lipinski definition) is 4. The van der Waals surface area contributed by atoms with Crippen molar-refractivity contribution in [2.24, 2.45) is 0 Å². The normalized spacial score (nSPS) is 23.2. The van der Waals surface area contributed by atoms with Crippen LogP contribution >= 0.6 is 0 Å². The number of hydrogen-bond donors (Lipinski definition) is 1. The van der Waals surface area contributed by atoms with Crippen molar-refractivity contribution in [2.45, 2.75) is 12.5 Å². The molecule has 0 aromatic heterocycles. The van der Waals surface area contributed by atoms with E-state index in [1.807, 2.05) is 14.1 Å².